The minimum atomic E-state index is 0. The third-order valence-electron chi connectivity index (χ3n) is 6.51. The van der Waals surface area contributed by atoms with Crippen molar-refractivity contribution in [2.75, 3.05) is 26.4 Å². The topological polar surface area (TPSA) is 36.9 Å². The Hall–Kier alpha value is 0.957. The summed E-state index contributed by atoms with van der Waals surface area (Å²) >= 11 is 2.22. The van der Waals surface area contributed by atoms with Gasteiger partial charge in [-0.2, -0.15) is 0 Å². The Balaban J connectivity index is 0. The smallest absolute Gasteiger partial charge is 0 e. The fourth-order valence-corrected chi connectivity index (χ4v) is 5.23. The molecule has 0 saturated carbocycles. The number of ether oxygens (including phenoxy) is 4. The van der Waals surface area contributed by atoms with Gasteiger partial charge in [0.1, 0.15) is 0 Å². The Kier molecular flexibility index (Phi) is 38.9. The molecule has 38 heavy (non-hydrogen) atoms. The van der Waals surface area contributed by atoms with Crippen LogP contribution in [0.15, 0.2) is 0 Å². The molecule has 0 heterocycles. The van der Waals surface area contributed by atoms with Crippen LogP contribution in [0, 0.1) is 0 Å². The molecule has 0 aromatic carbocycles. The molecule has 0 N–H and O–H groups in total. The van der Waals surface area contributed by atoms with Crippen molar-refractivity contribution < 1.29 is 33.9 Å². The Bertz CT molecular complexity index is 357. The third-order valence-corrected chi connectivity index (χ3v) is 7.84. The van der Waals surface area contributed by atoms with E-state index < -0.39 is 0 Å². The average Bonchev–Trinajstić information content (AvgIpc) is 2.91. The van der Waals surface area contributed by atoms with Crippen LogP contribution in [0.25, 0.3) is 0 Å². The molecular formula is C32H66CuLiO4. The maximum atomic E-state index is 6.04. The van der Waals surface area contributed by atoms with Gasteiger partial charge < -0.3 is 0 Å². The Labute approximate surface area is 257 Å². The molecule has 6 heteroatoms. The molecule has 0 aromatic rings. The van der Waals surface area contributed by atoms with Crippen LogP contribution >= 0.6 is 0 Å². The first-order chi connectivity index (χ1) is 18.3. The first kappa shape index (κ1) is 41.1. The van der Waals surface area contributed by atoms with Crippen molar-refractivity contribution in [3.05, 3.63) is 0 Å². The Morgan fingerprint density at radius 3 is 1.00 bits per heavy atom. The van der Waals surface area contributed by atoms with Gasteiger partial charge >= 0.3 is 240 Å². The van der Waals surface area contributed by atoms with E-state index in [1.807, 2.05) is 0 Å². The van der Waals surface area contributed by atoms with Crippen molar-refractivity contribution >= 4 is 18.9 Å². The van der Waals surface area contributed by atoms with E-state index in [1.54, 1.807) is 0 Å². The van der Waals surface area contributed by atoms with Crippen LogP contribution in [0.1, 0.15) is 156 Å². The third kappa shape index (κ3) is 31.5. The molecule has 0 aliphatic rings. The zero-order valence-corrected chi connectivity index (χ0v) is 27.4. The zero-order valence-electron chi connectivity index (χ0n) is 26.5. The molecule has 230 valence electrons. The van der Waals surface area contributed by atoms with E-state index in [0.717, 1.165) is 65.0 Å². The molecule has 0 unspecified atom stereocenters. The minimum Gasteiger partial charge on any atom is 0 e. The van der Waals surface area contributed by atoms with Gasteiger partial charge in [0.25, 0.3) is 0 Å². The fourth-order valence-electron chi connectivity index (χ4n) is 4.05. The van der Waals surface area contributed by atoms with Gasteiger partial charge in [-0.3, -0.25) is 0 Å². The van der Waals surface area contributed by atoms with Gasteiger partial charge in [-0.15, -0.1) is 0 Å². The van der Waals surface area contributed by atoms with Crippen LogP contribution in [-0.2, 0) is 33.9 Å². The second kappa shape index (κ2) is 36.0. The molecule has 0 aliphatic heterocycles. The van der Waals surface area contributed by atoms with E-state index in [9.17, 15) is 0 Å². The van der Waals surface area contributed by atoms with Gasteiger partial charge in [0, 0.05) is 18.9 Å². The van der Waals surface area contributed by atoms with Crippen LogP contribution in [0.4, 0.5) is 0 Å². The predicted molar refractivity (Wildman–Crippen MR) is 162 cm³/mol. The van der Waals surface area contributed by atoms with E-state index in [0.29, 0.717) is 0 Å². The second-order valence-electron chi connectivity index (χ2n) is 10.3. The predicted octanol–water partition coefficient (Wildman–Crippen LogP) is 10.1. The van der Waals surface area contributed by atoms with Gasteiger partial charge in [-0.1, -0.05) is 0 Å². The molecule has 0 fully saturated rings. The molecule has 0 rings (SSSR count). The summed E-state index contributed by atoms with van der Waals surface area (Å²) in [6.07, 6.45) is 24.3. The maximum absolute atomic E-state index is 6.04. The summed E-state index contributed by atoms with van der Waals surface area (Å²) in [5, 5.41) is 2.54. The summed E-state index contributed by atoms with van der Waals surface area (Å²) in [6, 6.07) is 0. The first-order valence-corrected chi connectivity index (χ1v) is 17.5. The Morgan fingerprint density at radius 2 is 0.711 bits per heavy atom. The molecular weight excluding hydrogens is 519 g/mol. The van der Waals surface area contributed by atoms with E-state index in [-0.39, 0.29) is 31.4 Å². The number of hydrogen-bond acceptors (Lipinski definition) is 4. The molecule has 0 atom stereocenters. The van der Waals surface area contributed by atoms with Crippen molar-refractivity contribution in [3.8, 4) is 0 Å². The van der Waals surface area contributed by atoms with Crippen molar-refractivity contribution in [2.45, 2.75) is 179 Å². The average molecular weight is 585 g/mol. The van der Waals surface area contributed by atoms with Gasteiger partial charge in [-0.25, -0.2) is 0 Å². The van der Waals surface area contributed by atoms with Gasteiger partial charge in [-0.05, 0) is 0 Å². The molecule has 0 bridgehead atoms. The molecule has 0 aliphatic carbocycles. The quantitative estimate of drug-likeness (QED) is 0.0447. The molecule has 0 aromatic heterocycles. The van der Waals surface area contributed by atoms with Crippen LogP contribution in [0.5, 0.6) is 0 Å². The summed E-state index contributed by atoms with van der Waals surface area (Å²) in [6.45, 7) is 12.3. The summed E-state index contributed by atoms with van der Waals surface area (Å²) in [5.74, 6) is 0. The molecule has 0 spiro atoms. The normalized spacial score (nSPS) is 11.6. The van der Waals surface area contributed by atoms with E-state index in [2.05, 4.69) is 42.7 Å². The summed E-state index contributed by atoms with van der Waals surface area (Å²) in [5.41, 5.74) is 0. The Morgan fingerprint density at radius 1 is 0.395 bits per heavy atom. The van der Waals surface area contributed by atoms with Crippen molar-refractivity contribution in [1.29, 1.82) is 0 Å². The monoisotopic (exact) mass is 584 g/mol. The van der Waals surface area contributed by atoms with Crippen molar-refractivity contribution in [3.63, 3.8) is 0 Å². The summed E-state index contributed by atoms with van der Waals surface area (Å²) < 4.78 is 24.2. The second-order valence-corrected chi connectivity index (χ2v) is 11.7. The number of rotatable bonds is 32. The van der Waals surface area contributed by atoms with Gasteiger partial charge in [0.15, 0.2) is 0 Å². The zero-order chi connectivity index (χ0) is 27.1. The fraction of sp³-hybridized carbons (Fsp3) is 1.00. The first-order valence-electron chi connectivity index (χ1n) is 16.2. The van der Waals surface area contributed by atoms with Crippen molar-refractivity contribution in [1.82, 2.24) is 0 Å². The van der Waals surface area contributed by atoms with E-state index in [4.69, 9.17) is 18.9 Å². The molecule has 4 nitrogen and oxygen atoms in total. The summed E-state index contributed by atoms with van der Waals surface area (Å²) in [4.78, 5) is 0. The molecule has 0 saturated heterocycles. The van der Waals surface area contributed by atoms with E-state index in [1.165, 1.54) is 101 Å². The van der Waals surface area contributed by atoms with Crippen LogP contribution < -0.4 is 0 Å². The standard InChI is InChI=1S/2C16H33O2.Cu.Li/c2*1-4-7-10-13-16(17-14-11-8-5-2)18-15-12-9-6-3;;/h2*16H,1,4-15H2,2-3H3;;. The number of unbranched alkanes of at least 4 members (excludes halogenated alkanes) is 12. The van der Waals surface area contributed by atoms with Crippen LogP contribution in [-0.4, -0.2) is 57.9 Å². The SMILES string of the molecule is CCCCCOC(CCCC[CH2][Cu][CH2]CCCCC(OCCCCC)OCCCCC)OCCCCC.[Li]. The number of hydrogen-bond donors (Lipinski definition) is 0. The molecule has 0 amide bonds. The summed E-state index contributed by atoms with van der Waals surface area (Å²) in [7, 11) is 0. The van der Waals surface area contributed by atoms with E-state index >= 15 is 0 Å². The van der Waals surface area contributed by atoms with Crippen molar-refractivity contribution in [2.24, 2.45) is 0 Å². The van der Waals surface area contributed by atoms with Crippen LogP contribution in [0.3, 0.4) is 0 Å². The van der Waals surface area contributed by atoms with Gasteiger partial charge in [0.2, 0.25) is 0 Å². The van der Waals surface area contributed by atoms with Crippen LogP contribution in [0.2, 0.25) is 10.6 Å². The molecule has 1 radical (unpaired) electrons. The minimum absolute atomic E-state index is 0. The van der Waals surface area contributed by atoms with Gasteiger partial charge in [0.05, 0.1) is 0 Å².